The van der Waals surface area contributed by atoms with Crippen molar-refractivity contribution in [1.29, 1.82) is 0 Å². The maximum Gasteiger partial charge on any atom is 0.191 e. The summed E-state index contributed by atoms with van der Waals surface area (Å²) < 4.78 is 5.84. The Hall–Kier alpha value is -1.75. The van der Waals surface area contributed by atoms with Gasteiger partial charge in [0.25, 0.3) is 0 Å². The Morgan fingerprint density at radius 2 is 2.00 bits per heavy atom. The molecule has 5 heteroatoms. The summed E-state index contributed by atoms with van der Waals surface area (Å²) in [5.41, 5.74) is 7.10. The van der Waals surface area contributed by atoms with E-state index in [2.05, 4.69) is 14.8 Å². The first kappa shape index (κ1) is 15.6. The maximum absolute atomic E-state index is 6.02. The van der Waals surface area contributed by atoms with Gasteiger partial charge in [0.2, 0.25) is 0 Å². The van der Waals surface area contributed by atoms with Gasteiger partial charge in [-0.3, -0.25) is 0 Å². The number of guanidine groups is 1. The molecule has 1 aromatic rings. The summed E-state index contributed by atoms with van der Waals surface area (Å²) in [5, 5.41) is 0. The highest BCUT2D eigenvalue weighted by Crippen LogP contribution is 2.25. The SMILES string of the molecule is CN(C)CCOc1ccccc1CN=C(N)N(C)C1CC1. The molecule has 0 radical (unpaired) electrons. The lowest BCUT2D eigenvalue weighted by Gasteiger charge is -2.17. The van der Waals surface area contributed by atoms with Crippen molar-refractivity contribution in [3.05, 3.63) is 29.8 Å². The van der Waals surface area contributed by atoms with E-state index in [-0.39, 0.29) is 0 Å². The molecule has 21 heavy (non-hydrogen) atoms. The van der Waals surface area contributed by atoms with Gasteiger partial charge in [0.15, 0.2) is 5.96 Å². The fraction of sp³-hybridized carbons (Fsp3) is 0.562. The summed E-state index contributed by atoms with van der Waals surface area (Å²) in [7, 11) is 6.08. The highest BCUT2D eigenvalue weighted by Gasteiger charge is 2.27. The molecule has 1 aliphatic carbocycles. The zero-order chi connectivity index (χ0) is 15.2. The zero-order valence-corrected chi connectivity index (χ0v) is 13.2. The lowest BCUT2D eigenvalue weighted by molar-refractivity contribution is 0.259. The Labute approximate surface area is 127 Å². The minimum atomic E-state index is 0.557. The Morgan fingerprint density at radius 3 is 2.67 bits per heavy atom. The van der Waals surface area contributed by atoms with E-state index < -0.39 is 0 Å². The van der Waals surface area contributed by atoms with Crippen molar-refractivity contribution in [2.24, 2.45) is 10.7 Å². The number of hydrogen-bond acceptors (Lipinski definition) is 3. The van der Waals surface area contributed by atoms with Crippen LogP contribution in [0.25, 0.3) is 0 Å². The van der Waals surface area contributed by atoms with Crippen LogP contribution in [0.4, 0.5) is 0 Å². The first-order valence-corrected chi connectivity index (χ1v) is 7.46. The number of para-hydroxylation sites is 1. The number of rotatable bonds is 7. The molecule has 0 aromatic heterocycles. The number of aliphatic imine (C=N–C) groups is 1. The average molecular weight is 290 g/mol. The van der Waals surface area contributed by atoms with Crippen LogP contribution < -0.4 is 10.5 Å². The normalized spacial score (nSPS) is 15.3. The van der Waals surface area contributed by atoms with Crippen LogP contribution in [0, 0.1) is 0 Å². The number of nitrogens with two attached hydrogens (primary N) is 1. The van der Waals surface area contributed by atoms with Crippen LogP contribution in [0.1, 0.15) is 18.4 Å². The summed E-state index contributed by atoms with van der Waals surface area (Å²) in [5.74, 6) is 1.51. The van der Waals surface area contributed by atoms with Gasteiger partial charge in [0, 0.05) is 25.2 Å². The van der Waals surface area contributed by atoms with Crippen LogP contribution in [0.2, 0.25) is 0 Å². The van der Waals surface area contributed by atoms with E-state index in [1.807, 2.05) is 45.4 Å². The second-order valence-electron chi connectivity index (χ2n) is 5.78. The fourth-order valence-corrected chi connectivity index (χ4v) is 2.04. The van der Waals surface area contributed by atoms with Crippen molar-refractivity contribution < 1.29 is 4.74 Å². The van der Waals surface area contributed by atoms with Gasteiger partial charge in [0.05, 0.1) is 6.54 Å². The van der Waals surface area contributed by atoms with Gasteiger partial charge in [-0.05, 0) is 33.0 Å². The van der Waals surface area contributed by atoms with Crippen LogP contribution in [0.15, 0.2) is 29.3 Å². The molecule has 0 atom stereocenters. The average Bonchev–Trinajstić information content (AvgIpc) is 3.29. The second kappa shape index (κ2) is 7.31. The summed E-state index contributed by atoms with van der Waals surface area (Å²) >= 11 is 0. The Morgan fingerprint density at radius 1 is 1.29 bits per heavy atom. The highest BCUT2D eigenvalue weighted by atomic mass is 16.5. The molecule has 2 N–H and O–H groups in total. The van der Waals surface area contributed by atoms with Crippen molar-refractivity contribution in [1.82, 2.24) is 9.80 Å². The Balaban J connectivity index is 1.94. The van der Waals surface area contributed by atoms with Gasteiger partial charge in [-0.25, -0.2) is 4.99 Å². The minimum absolute atomic E-state index is 0.557. The number of likely N-dealkylation sites (N-methyl/N-ethyl adjacent to an activating group) is 1. The van der Waals surface area contributed by atoms with Gasteiger partial charge in [-0.2, -0.15) is 0 Å². The maximum atomic E-state index is 6.02. The largest absolute Gasteiger partial charge is 0.492 e. The smallest absolute Gasteiger partial charge is 0.191 e. The Bertz CT molecular complexity index is 483. The monoisotopic (exact) mass is 290 g/mol. The summed E-state index contributed by atoms with van der Waals surface area (Å²) in [6.45, 7) is 2.12. The highest BCUT2D eigenvalue weighted by molar-refractivity contribution is 5.78. The summed E-state index contributed by atoms with van der Waals surface area (Å²) in [6, 6.07) is 8.60. The van der Waals surface area contributed by atoms with Gasteiger partial charge < -0.3 is 20.3 Å². The van der Waals surface area contributed by atoms with E-state index in [0.29, 0.717) is 25.2 Å². The zero-order valence-electron chi connectivity index (χ0n) is 13.2. The van der Waals surface area contributed by atoms with E-state index in [1.165, 1.54) is 12.8 Å². The van der Waals surface area contributed by atoms with Crippen LogP contribution in [-0.4, -0.2) is 56.1 Å². The molecular formula is C16H26N4O. The van der Waals surface area contributed by atoms with Crippen molar-refractivity contribution in [3.63, 3.8) is 0 Å². The molecule has 2 rings (SSSR count). The lowest BCUT2D eigenvalue weighted by atomic mass is 10.2. The molecule has 0 heterocycles. The third-order valence-corrected chi connectivity index (χ3v) is 3.64. The van der Waals surface area contributed by atoms with E-state index in [1.54, 1.807) is 0 Å². The van der Waals surface area contributed by atoms with Crippen molar-refractivity contribution in [3.8, 4) is 5.75 Å². The minimum Gasteiger partial charge on any atom is -0.492 e. The van der Waals surface area contributed by atoms with Crippen LogP contribution in [-0.2, 0) is 6.54 Å². The molecule has 1 fully saturated rings. The topological polar surface area (TPSA) is 54.1 Å². The van der Waals surface area contributed by atoms with Crippen molar-refractivity contribution in [2.45, 2.75) is 25.4 Å². The van der Waals surface area contributed by atoms with Gasteiger partial charge in [-0.1, -0.05) is 18.2 Å². The van der Waals surface area contributed by atoms with Gasteiger partial charge in [0.1, 0.15) is 12.4 Å². The molecule has 0 saturated heterocycles. The van der Waals surface area contributed by atoms with E-state index in [0.717, 1.165) is 17.9 Å². The molecule has 1 aromatic carbocycles. The summed E-state index contributed by atoms with van der Waals surface area (Å²) in [4.78, 5) is 8.65. The van der Waals surface area contributed by atoms with Crippen LogP contribution >= 0.6 is 0 Å². The third kappa shape index (κ3) is 4.93. The molecule has 0 bridgehead atoms. The fourth-order valence-electron chi connectivity index (χ4n) is 2.04. The predicted octanol–water partition coefficient (Wildman–Crippen LogP) is 1.54. The molecule has 0 amide bonds. The molecule has 1 saturated carbocycles. The first-order chi connectivity index (χ1) is 10.1. The molecule has 1 aliphatic rings. The Kier molecular flexibility index (Phi) is 5.44. The third-order valence-electron chi connectivity index (χ3n) is 3.64. The van der Waals surface area contributed by atoms with E-state index >= 15 is 0 Å². The second-order valence-corrected chi connectivity index (χ2v) is 5.78. The molecule has 116 valence electrons. The first-order valence-electron chi connectivity index (χ1n) is 7.46. The number of benzene rings is 1. The quantitative estimate of drug-likeness (QED) is 0.611. The molecule has 5 nitrogen and oxygen atoms in total. The molecular weight excluding hydrogens is 264 g/mol. The van der Waals surface area contributed by atoms with Gasteiger partial charge >= 0.3 is 0 Å². The van der Waals surface area contributed by atoms with E-state index in [4.69, 9.17) is 10.5 Å². The van der Waals surface area contributed by atoms with Crippen LogP contribution in [0.5, 0.6) is 5.75 Å². The van der Waals surface area contributed by atoms with Crippen molar-refractivity contribution >= 4 is 5.96 Å². The number of nitrogens with zero attached hydrogens (tertiary/aromatic N) is 3. The van der Waals surface area contributed by atoms with Crippen molar-refractivity contribution in [2.75, 3.05) is 34.3 Å². The standard InChI is InChI=1S/C16H26N4O/c1-19(2)10-11-21-15-7-5-4-6-13(15)12-18-16(17)20(3)14-8-9-14/h4-7,14H,8-12H2,1-3H3,(H2,17,18). The van der Waals surface area contributed by atoms with E-state index in [9.17, 15) is 0 Å². The summed E-state index contributed by atoms with van der Waals surface area (Å²) in [6.07, 6.45) is 2.44. The molecule has 0 aliphatic heterocycles. The van der Waals surface area contributed by atoms with Crippen LogP contribution in [0.3, 0.4) is 0 Å². The molecule has 0 spiro atoms. The number of hydrogen-bond donors (Lipinski definition) is 1. The number of ether oxygens (including phenoxy) is 1. The molecule has 0 unspecified atom stereocenters. The lowest BCUT2D eigenvalue weighted by Crippen LogP contribution is -2.35. The predicted molar refractivity (Wildman–Crippen MR) is 86.6 cm³/mol. The van der Waals surface area contributed by atoms with Gasteiger partial charge in [-0.15, -0.1) is 0 Å².